The molecule has 1 rings (SSSR count). The van der Waals surface area contributed by atoms with Gasteiger partial charge in [0.05, 0.1) is 6.61 Å². The Bertz CT molecular complexity index is 298. The lowest BCUT2D eigenvalue weighted by Crippen LogP contribution is -2.35. The SMILES string of the molecule is CCC(COC)NCC(O)c1ccc(C)o1. The summed E-state index contributed by atoms with van der Waals surface area (Å²) in [5.74, 6) is 1.43. The van der Waals surface area contributed by atoms with E-state index >= 15 is 0 Å². The highest BCUT2D eigenvalue weighted by atomic mass is 16.5. The van der Waals surface area contributed by atoms with Crippen LogP contribution in [0.25, 0.3) is 0 Å². The van der Waals surface area contributed by atoms with Gasteiger partial charge in [0.25, 0.3) is 0 Å². The second-order valence-corrected chi connectivity index (χ2v) is 3.93. The molecule has 1 aromatic rings. The van der Waals surface area contributed by atoms with Gasteiger partial charge in [-0.1, -0.05) is 6.92 Å². The van der Waals surface area contributed by atoms with Crippen LogP contribution in [0, 0.1) is 6.92 Å². The lowest BCUT2D eigenvalue weighted by molar-refractivity contribution is 0.123. The fraction of sp³-hybridized carbons (Fsp3) is 0.667. The molecule has 0 saturated carbocycles. The standard InChI is InChI=1S/C12H21NO3/c1-4-10(8-15-3)13-7-11(14)12-6-5-9(2)16-12/h5-6,10-11,13-14H,4,7-8H2,1-3H3. The smallest absolute Gasteiger partial charge is 0.133 e. The Morgan fingerprint density at radius 2 is 2.25 bits per heavy atom. The quantitative estimate of drug-likeness (QED) is 0.743. The second kappa shape index (κ2) is 6.68. The Hall–Kier alpha value is -0.840. The van der Waals surface area contributed by atoms with Crippen molar-refractivity contribution < 1.29 is 14.3 Å². The maximum atomic E-state index is 9.85. The highest BCUT2D eigenvalue weighted by Crippen LogP contribution is 2.15. The van der Waals surface area contributed by atoms with Gasteiger partial charge in [-0.05, 0) is 25.5 Å². The van der Waals surface area contributed by atoms with Crippen LogP contribution in [0.15, 0.2) is 16.5 Å². The Labute approximate surface area is 96.6 Å². The molecule has 0 aliphatic heterocycles. The Morgan fingerprint density at radius 1 is 1.50 bits per heavy atom. The van der Waals surface area contributed by atoms with Crippen molar-refractivity contribution in [3.8, 4) is 0 Å². The molecule has 0 amide bonds. The second-order valence-electron chi connectivity index (χ2n) is 3.93. The van der Waals surface area contributed by atoms with Crippen LogP contribution in [0.5, 0.6) is 0 Å². The lowest BCUT2D eigenvalue weighted by Gasteiger charge is -2.17. The third-order valence-corrected chi connectivity index (χ3v) is 2.55. The summed E-state index contributed by atoms with van der Waals surface area (Å²) in [5, 5.41) is 13.1. The minimum absolute atomic E-state index is 0.274. The molecule has 92 valence electrons. The van der Waals surface area contributed by atoms with Gasteiger partial charge >= 0.3 is 0 Å². The van der Waals surface area contributed by atoms with E-state index in [1.807, 2.05) is 13.0 Å². The van der Waals surface area contributed by atoms with Gasteiger partial charge in [0.15, 0.2) is 0 Å². The molecule has 1 heterocycles. The van der Waals surface area contributed by atoms with Crippen molar-refractivity contribution in [2.45, 2.75) is 32.4 Å². The molecule has 4 nitrogen and oxygen atoms in total. The van der Waals surface area contributed by atoms with Crippen LogP contribution in [0.3, 0.4) is 0 Å². The number of methoxy groups -OCH3 is 1. The molecule has 0 aliphatic rings. The number of hydrogen-bond donors (Lipinski definition) is 2. The molecule has 0 bridgehead atoms. The van der Waals surface area contributed by atoms with E-state index in [4.69, 9.17) is 9.15 Å². The summed E-state index contributed by atoms with van der Waals surface area (Å²) in [6, 6.07) is 3.93. The summed E-state index contributed by atoms with van der Waals surface area (Å²) in [6.07, 6.45) is 0.372. The summed E-state index contributed by atoms with van der Waals surface area (Å²) in [7, 11) is 1.68. The predicted molar refractivity (Wildman–Crippen MR) is 62.4 cm³/mol. The largest absolute Gasteiger partial charge is 0.464 e. The van der Waals surface area contributed by atoms with Crippen molar-refractivity contribution in [2.24, 2.45) is 0 Å². The first-order valence-electron chi connectivity index (χ1n) is 5.64. The molecule has 0 aromatic carbocycles. The number of aliphatic hydroxyl groups excluding tert-OH is 1. The molecule has 0 spiro atoms. The highest BCUT2D eigenvalue weighted by Gasteiger charge is 2.13. The van der Waals surface area contributed by atoms with E-state index in [0.29, 0.717) is 18.9 Å². The molecule has 0 fully saturated rings. The molecular weight excluding hydrogens is 206 g/mol. The average Bonchev–Trinajstić information content (AvgIpc) is 2.70. The van der Waals surface area contributed by atoms with E-state index in [-0.39, 0.29) is 6.04 Å². The van der Waals surface area contributed by atoms with Crippen LogP contribution >= 0.6 is 0 Å². The fourth-order valence-electron chi connectivity index (χ4n) is 1.53. The third kappa shape index (κ3) is 3.96. The first-order valence-corrected chi connectivity index (χ1v) is 5.64. The molecule has 0 aliphatic carbocycles. The van der Waals surface area contributed by atoms with Crippen molar-refractivity contribution in [1.82, 2.24) is 5.32 Å². The maximum Gasteiger partial charge on any atom is 0.133 e. The number of nitrogens with one attached hydrogen (secondary N) is 1. The van der Waals surface area contributed by atoms with Gasteiger partial charge in [-0.15, -0.1) is 0 Å². The molecule has 0 radical (unpaired) electrons. The molecule has 1 aromatic heterocycles. The minimum Gasteiger partial charge on any atom is -0.464 e. The first kappa shape index (κ1) is 13.2. The van der Waals surface area contributed by atoms with Crippen LogP contribution < -0.4 is 5.32 Å². The van der Waals surface area contributed by atoms with Crippen molar-refractivity contribution in [3.63, 3.8) is 0 Å². The van der Waals surface area contributed by atoms with Crippen molar-refractivity contribution in [1.29, 1.82) is 0 Å². The molecule has 16 heavy (non-hydrogen) atoms. The van der Waals surface area contributed by atoms with E-state index in [2.05, 4.69) is 12.2 Å². The van der Waals surface area contributed by atoms with E-state index < -0.39 is 6.10 Å². The van der Waals surface area contributed by atoms with E-state index in [1.165, 1.54) is 0 Å². The molecule has 2 atom stereocenters. The molecule has 2 N–H and O–H groups in total. The molecular formula is C12H21NO3. The normalized spacial score (nSPS) is 15.0. The van der Waals surface area contributed by atoms with Crippen LogP contribution in [0.4, 0.5) is 0 Å². The first-order chi connectivity index (χ1) is 7.67. The van der Waals surface area contributed by atoms with Crippen molar-refractivity contribution >= 4 is 0 Å². The summed E-state index contributed by atoms with van der Waals surface area (Å²) < 4.78 is 10.4. The van der Waals surface area contributed by atoms with E-state index in [1.54, 1.807) is 13.2 Å². The number of ether oxygens (including phenoxy) is 1. The van der Waals surface area contributed by atoms with E-state index in [9.17, 15) is 5.11 Å². The minimum atomic E-state index is -0.598. The van der Waals surface area contributed by atoms with Gasteiger partial charge in [-0.2, -0.15) is 0 Å². The Morgan fingerprint density at radius 3 is 2.75 bits per heavy atom. The van der Waals surface area contributed by atoms with Crippen molar-refractivity contribution in [2.75, 3.05) is 20.3 Å². The maximum absolute atomic E-state index is 9.85. The van der Waals surface area contributed by atoms with Gasteiger partial charge in [0.1, 0.15) is 17.6 Å². The van der Waals surface area contributed by atoms with Gasteiger partial charge in [0, 0.05) is 19.7 Å². The van der Waals surface area contributed by atoms with Gasteiger partial charge in [-0.25, -0.2) is 0 Å². The zero-order chi connectivity index (χ0) is 12.0. The Balaban J connectivity index is 2.36. The van der Waals surface area contributed by atoms with Crippen molar-refractivity contribution in [3.05, 3.63) is 23.7 Å². The molecule has 0 saturated heterocycles. The summed E-state index contributed by atoms with van der Waals surface area (Å²) in [4.78, 5) is 0. The van der Waals surface area contributed by atoms with Crippen LogP contribution in [0.1, 0.15) is 31.0 Å². The molecule has 2 unspecified atom stereocenters. The topological polar surface area (TPSA) is 54.6 Å². The zero-order valence-electron chi connectivity index (χ0n) is 10.2. The number of rotatable bonds is 7. The summed E-state index contributed by atoms with van der Waals surface area (Å²) in [6.45, 7) is 5.08. The average molecular weight is 227 g/mol. The molecule has 4 heteroatoms. The fourth-order valence-corrected chi connectivity index (χ4v) is 1.53. The van der Waals surface area contributed by atoms with Crippen LogP contribution in [0.2, 0.25) is 0 Å². The van der Waals surface area contributed by atoms with Gasteiger partial charge in [-0.3, -0.25) is 0 Å². The number of aryl methyl sites for hydroxylation is 1. The van der Waals surface area contributed by atoms with Gasteiger partial charge in [0.2, 0.25) is 0 Å². The summed E-state index contributed by atoms with van der Waals surface area (Å²) in [5.41, 5.74) is 0. The highest BCUT2D eigenvalue weighted by molar-refractivity contribution is 5.08. The van der Waals surface area contributed by atoms with Gasteiger partial charge < -0.3 is 19.6 Å². The monoisotopic (exact) mass is 227 g/mol. The number of aliphatic hydroxyl groups is 1. The number of furan rings is 1. The number of hydrogen-bond acceptors (Lipinski definition) is 4. The predicted octanol–water partition coefficient (Wildman–Crippen LogP) is 1.64. The third-order valence-electron chi connectivity index (χ3n) is 2.55. The Kier molecular flexibility index (Phi) is 5.52. The van der Waals surface area contributed by atoms with Crippen LogP contribution in [-0.2, 0) is 4.74 Å². The summed E-state index contributed by atoms with van der Waals surface area (Å²) >= 11 is 0. The van der Waals surface area contributed by atoms with Crippen LogP contribution in [-0.4, -0.2) is 31.4 Å². The van der Waals surface area contributed by atoms with E-state index in [0.717, 1.165) is 12.2 Å². The lowest BCUT2D eigenvalue weighted by atomic mass is 10.2. The zero-order valence-corrected chi connectivity index (χ0v) is 10.2.